The van der Waals surface area contributed by atoms with Gasteiger partial charge in [-0.15, -0.1) is 0 Å². The molecule has 0 aromatic heterocycles. The van der Waals surface area contributed by atoms with E-state index in [1.54, 1.807) is 42.5 Å². The quantitative estimate of drug-likeness (QED) is 0.529. The van der Waals surface area contributed by atoms with E-state index in [-0.39, 0.29) is 23.4 Å². The van der Waals surface area contributed by atoms with Gasteiger partial charge in [0.25, 0.3) is 10.0 Å². The lowest BCUT2D eigenvalue weighted by atomic mass is 10.0. The van der Waals surface area contributed by atoms with Crippen molar-refractivity contribution in [3.8, 4) is 0 Å². The van der Waals surface area contributed by atoms with Crippen LogP contribution >= 0.6 is 0 Å². The van der Waals surface area contributed by atoms with Crippen molar-refractivity contribution in [1.82, 2.24) is 5.32 Å². The Bertz CT molecular complexity index is 1170. The van der Waals surface area contributed by atoms with E-state index in [1.807, 2.05) is 52.0 Å². The molecule has 3 aromatic carbocycles. The summed E-state index contributed by atoms with van der Waals surface area (Å²) in [5.41, 5.74) is 4.80. The smallest absolute Gasteiger partial charge is 0.264 e. The van der Waals surface area contributed by atoms with Crippen molar-refractivity contribution in [3.63, 3.8) is 0 Å². The number of nitrogens with zero attached hydrogens (tertiary/aromatic N) is 1. The molecule has 32 heavy (non-hydrogen) atoms. The van der Waals surface area contributed by atoms with Gasteiger partial charge in [0.05, 0.1) is 16.6 Å². The molecule has 0 aliphatic carbocycles. The summed E-state index contributed by atoms with van der Waals surface area (Å²) in [4.78, 5) is 13.1. The molecule has 3 aromatic rings. The van der Waals surface area contributed by atoms with E-state index in [9.17, 15) is 13.2 Å². The standard InChI is InChI=1S/C26H30N2O3S/c1-5-22-12-14-23(15-13-22)28(32(30,31)24-9-7-6-8-10-24)18-26(29)27-21(4)25-16-11-19(2)17-20(25)3/h6-17,21H,5,18H2,1-4H3,(H,27,29)/t21-/m0/s1. The summed E-state index contributed by atoms with van der Waals surface area (Å²) in [7, 11) is -3.91. The number of rotatable bonds is 8. The average Bonchev–Trinajstić information content (AvgIpc) is 2.78. The molecule has 0 aliphatic heterocycles. The van der Waals surface area contributed by atoms with Crippen molar-refractivity contribution < 1.29 is 13.2 Å². The lowest BCUT2D eigenvalue weighted by Crippen LogP contribution is -2.41. The molecular formula is C26H30N2O3S. The van der Waals surface area contributed by atoms with Crippen LogP contribution in [0.25, 0.3) is 0 Å². The van der Waals surface area contributed by atoms with Crippen LogP contribution in [0.1, 0.15) is 42.1 Å². The number of hydrogen-bond donors (Lipinski definition) is 1. The maximum atomic E-state index is 13.4. The maximum absolute atomic E-state index is 13.4. The Kier molecular flexibility index (Phi) is 7.36. The zero-order chi connectivity index (χ0) is 23.3. The molecule has 0 aliphatic rings. The predicted octanol–water partition coefficient (Wildman–Crippen LogP) is 4.94. The first kappa shape index (κ1) is 23.5. The highest BCUT2D eigenvalue weighted by atomic mass is 32.2. The summed E-state index contributed by atoms with van der Waals surface area (Å²) < 4.78 is 28.0. The summed E-state index contributed by atoms with van der Waals surface area (Å²) in [5, 5.41) is 2.96. The maximum Gasteiger partial charge on any atom is 0.264 e. The third-order valence-corrected chi connectivity index (χ3v) is 7.31. The molecule has 0 fully saturated rings. The molecule has 168 valence electrons. The van der Waals surface area contributed by atoms with E-state index in [1.165, 1.54) is 4.31 Å². The zero-order valence-electron chi connectivity index (χ0n) is 19.0. The lowest BCUT2D eigenvalue weighted by Gasteiger charge is -2.25. The van der Waals surface area contributed by atoms with Crippen LogP contribution in [0.3, 0.4) is 0 Å². The number of carbonyl (C=O) groups is 1. The third kappa shape index (κ3) is 5.37. The summed E-state index contributed by atoms with van der Waals surface area (Å²) in [5.74, 6) is -0.364. The Balaban J connectivity index is 1.88. The second-order valence-electron chi connectivity index (χ2n) is 7.99. The second kappa shape index (κ2) is 10.0. The fourth-order valence-corrected chi connectivity index (χ4v) is 5.18. The largest absolute Gasteiger partial charge is 0.348 e. The van der Waals surface area contributed by atoms with Gasteiger partial charge >= 0.3 is 0 Å². The molecule has 0 bridgehead atoms. The molecule has 1 N–H and O–H groups in total. The molecule has 0 radical (unpaired) electrons. The van der Waals surface area contributed by atoms with Gasteiger partial charge in [0.2, 0.25) is 5.91 Å². The van der Waals surface area contributed by atoms with Gasteiger partial charge in [-0.25, -0.2) is 8.42 Å². The molecule has 6 heteroatoms. The number of sulfonamides is 1. The zero-order valence-corrected chi connectivity index (χ0v) is 19.8. The first-order chi connectivity index (χ1) is 15.2. The van der Waals surface area contributed by atoms with Gasteiger partial charge < -0.3 is 5.32 Å². The number of anilines is 1. The Morgan fingerprint density at radius 2 is 1.62 bits per heavy atom. The van der Waals surface area contributed by atoms with Gasteiger partial charge in [-0.1, -0.05) is 61.0 Å². The van der Waals surface area contributed by atoms with E-state index < -0.39 is 10.0 Å². The van der Waals surface area contributed by atoms with Crippen molar-refractivity contribution in [2.45, 2.75) is 45.1 Å². The summed E-state index contributed by atoms with van der Waals surface area (Å²) >= 11 is 0. The molecule has 1 atom stereocenters. The minimum absolute atomic E-state index is 0.148. The molecule has 0 saturated heterocycles. The summed E-state index contributed by atoms with van der Waals surface area (Å²) in [6.07, 6.45) is 0.847. The molecule has 3 rings (SSSR count). The lowest BCUT2D eigenvalue weighted by molar-refractivity contribution is -0.120. The van der Waals surface area contributed by atoms with Gasteiger partial charge in [-0.3, -0.25) is 9.10 Å². The molecule has 0 unspecified atom stereocenters. The average molecular weight is 451 g/mol. The minimum atomic E-state index is -3.91. The summed E-state index contributed by atoms with van der Waals surface area (Å²) in [6.45, 7) is 7.66. The number of hydrogen-bond acceptors (Lipinski definition) is 3. The van der Waals surface area contributed by atoms with E-state index >= 15 is 0 Å². The number of carbonyl (C=O) groups excluding carboxylic acids is 1. The van der Waals surface area contributed by atoms with E-state index in [2.05, 4.69) is 11.4 Å². The molecule has 0 heterocycles. The second-order valence-corrected chi connectivity index (χ2v) is 9.86. The Morgan fingerprint density at radius 3 is 2.22 bits per heavy atom. The van der Waals surface area contributed by atoms with Crippen LogP contribution in [0.2, 0.25) is 0 Å². The fraction of sp³-hybridized carbons (Fsp3) is 0.269. The van der Waals surface area contributed by atoms with Crippen LogP contribution in [0.4, 0.5) is 5.69 Å². The van der Waals surface area contributed by atoms with Crippen LogP contribution in [0.5, 0.6) is 0 Å². The number of aryl methyl sites for hydroxylation is 3. The fourth-order valence-electron chi connectivity index (χ4n) is 3.74. The van der Waals surface area contributed by atoms with Crippen molar-refractivity contribution in [2.75, 3.05) is 10.8 Å². The molecule has 0 saturated carbocycles. The highest BCUT2D eigenvalue weighted by Gasteiger charge is 2.27. The molecule has 5 nitrogen and oxygen atoms in total. The minimum Gasteiger partial charge on any atom is -0.348 e. The Labute approximate surface area is 191 Å². The van der Waals surface area contributed by atoms with Gasteiger partial charge in [0, 0.05) is 0 Å². The highest BCUT2D eigenvalue weighted by Crippen LogP contribution is 2.25. The van der Waals surface area contributed by atoms with Gasteiger partial charge in [0.15, 0.2) is 0 Å². The first-order valence-electron chi connectivity index (χ1n) is 10.8. The van der Waals surface area contributed by atoms with Crippen LogP contribution in [0, 0.1) is 13.8 Å². The van der Waals surface area contributed by atoms with Crippen molar-refractivity contribution in [1.29, 1.82) is 0 Å². The van der Waals surface area contributed by atoms with Crippen LogP contribution in [0.15, 0.2) is 77.7 Å². The predicted molar refractivity (Wildman–Crippen MR) is 129 cm³/mol. The van der Waals surface area contributed by atoms with E-state index in [0.29, 0.717) is 5.69 Å². The van der Waals surface area contributed by atoms with Crippen molar-refractivity contribution in [3.05, 3.63) is 95.1 Å². The first-order valence-corrected chi connectivity index (χ1v) is 12.2. The van der Waals surface area contributed by atoms with E-state index in [4.69, 9.17) is 0 Å². The number of nitrogens with one attached hydrogen (secondary N) is 1. The number of benzene rings is 3. The van der Waals surface area contributed by atoms with Crippen molar-refractivity contribution >= 4 is 21.6 Å². The molecule has 0 spiro atoms. The van der Waals surface area contributed by atoms with Crippen LogP contribution < -0.4 is 9.62 Å². The van der Waals surface area contributed by atoms with Gasteiger partial charge in [0.1, 0.15) is 6.54 Å². The summed E-state index contributed by atoms with van der Waals surface area (Å²) in [6, 6.07) is 21.3. The van der Waals surface area contributed by atoms with Crippen molar-refractivity contribution in [2.24, 2.45) is 0 Å². The Hall–Kier alpha value is -3.12. The Morgan fingerprint density at radius 1 is 0.969 bits per heavy atom. The van der Waals surface area contributed by atoms with Gasteiger partial charge in [-0.05, 0) is 68.1 Å². The molecule has 1 amide bonds. The van der Waals surface area contributed by atoms with Gasteiger partial charge in [-0.2, -0.15) is 0 Å². The normalized spacial score (nSPS) is 12.2. The van der Waals surface area contributed by atoms with E-state index in [0.717, 1.165) is 28.7 Å². The SMILES string of the molecule is CCc1ccc(N(CC(=O)N[C@@H](C)c2ccc(C)cc2C)S(=O)(=O)c2ccccc2)cc1. The molecular weight excluding hydrogens is 420 g/mol. The monoisotopic (exact) mass is 450 g/mol. The number of amides is 1. The third-order valence-electron chi connectivity index (χ3n) is 5.52. The topological polar surface area (TPSA) is 66.5 Å². The van der Waals surface area contributed by atoms with Crippen LogP contribution in [-0.2, 0) is 21.2 Å². The highest BCUT2D eigenvalue weighted by molar-refractivity contribution is 7.92. The van der Waals surface area contributed by atoms with Crippen LogP contribution in [-0.4, -0.2) is 20.9 Å².